The summed E-state index contributed by atoms with van der Waals surface area (Å²) in [6.45, 7) is 27.0. The monoisotopic (exact) mass is 1190 g/mol. The molecular formula is C65H86BF4N11O5. The lowest BCUT2D eigenvalue weighted by Gasteiger charge is -2.37. The lowest BCUT2D eigenvalue weighted by atomic mass is 9.79. The molecule has 4 aromatic heterocycles. The summed E-state index contributed by atoms with van der Waals surface area (Å²) < 4.78 is 73.9. The molecule has 3 saturated heterocycles. The molecule has 0 saturated carbocycles. The Balaban J connectivity index is 0.000000258. The molecule has 0 bridgehead atoms. The number of aliphatic hydroxyl groups is 3. The molecule has 16 nitrogen and oxygen atoms in total. The van der Waals surface area contributed by atoms with Crippen molar-refractivity contribution in [1.29, 1.82) is 0 Å². The Kier molecular flexibility index (Phi) is 20.5. The highest BCUT2D eigenvalue weighted by atomic mass is 19.3. The summed E-state index contributed by atoms with van der Waals surface area (Å²) in [6.07, 6.45) is 6.18. The van der Waals surface area contributed by atoms with Crippen molar-refractivity contribution in [3.63, 3.8) is 0 Å². The van der Waals surface area contributed by atoms with Crippen LogP contribution in [0.1, 0.15) is 132 Å². The molecule has 86 heavy (non-hydrogen) atoms. The van der Waals surface area contributed by atoms with Gasteiger partial charge in [-0.25, -0.2) is 13.5 Å². The fourth-order valence-electron chi connectivity index (χ4n) is 10.7. The van der Waals surface area contributed by atoms with Crippen LogP contribution in [0.15, 0.2) is 128 Å². The van der Waals surface area contributed by atoms with Gasteiger partial charge in [0, 0.05) is 87.1 Å². The number of rotatable bonds is 15. The lowest BCUT2D eigenvalue weighted by Crippen LogP contribution is -2.48. The van der Waals surface area contributed by atoms with Crippen molar-refractivity contribution in [3.05, 3.63) is 162 Å². The van der Waals surface area contributed by atoms with Crippen molar-refractivity contribution in [2.75, 3.05) is 72.0 Å². The molecular weight excluding hydrogens is 1100 g/mol. The fourth-order valence-corrected chi connectivity index (χ4v) is 10.7. The van der Waals surface area contributed by atoms with E-state index in [1.54, 1.807) is 0 Å². The molecule has 0 spiro atoms. The molecule has 3 aliphatic heterocycles. The molecule has 3 atom stereocenters. The van der Waals surface area contributed by atoms with Crippen LogP contribution in [0.4, 0.5) is 40.3 Å². The Morgan fingerprint density at radius 1 is 0.570 bits per heavy atom. The first-order valence-electron chi connectivity index (χ1n) is 28.6. The van der Waals surface area contributed by atoms with E-state index in [9.17, 15) is 24.1 Å². The van der Waals surface area contributed by atoms with Crippen molar-refractivity contribution in [1.82, 2.24) is 35.2 Å². The van der Waals surface area contributed by atoms with Crippen molar-refractivity contribution in [3.8, 4) is 11.1 Å². The third kappa shape index (κ3) is 15.4. The van der Waals surface area contributed by atoms with Crippen LogP contribution >= 0.6 is 0 Å². The van der Waals surface area contributed by atoms with Gasteiger partial charge < -0.3 is 44.2 Å². The second-order valence-corrected chi connectivity index (χ2v) is 25.6. The second kappa shape index (κ2) is 26.5. The summed E-state index contributed by atoms with van der Waals surface area (Å²) in [5.41, 5.74) is 2.67. The number of halogens is 4. The van der Waals surface area contributed by atoms with Crippen LogP contribution in [0.5, 0.6) is 0 Å². The molecule has 3 aromatic carbocycles. The van der Waals surface area contributed by atoms with Gasteiger partial charge in [-0.05, 0) is 140 Å². The van der Waals surface area contributed by atoms with E-state index in [2.05, 4.69) is 150 Å². The number of piperazine rings is 2. The van der Waals surface area contributed by atoms with Crippen molar-refractivity contribution < 1.29 is 42.2 Å². The molecule has 7 heterocycles. The molecule has 3 aliphatic rings. The molecule has 21 heteroatoms. The van der Waals surface area contributed by atoms with Crippen LogP contribution in [0, 0.1) is 22.5 Å². The van der Waals surface area contributed by atoms with Gasteiger partial charge >= 0.3 is 13.0 Å². The van der Waals surface area contributed by atoms with E-state index in [0.29, 0.717) is 30.2 Å². The third-order valence-electron chi connectivity index (χ3n) is 16.2. The van der Waals surface area contributed by atoms with Gasteiger partial charge in [-0.15, -0.1) is 5.10 Å². The zero-order valence-corrected chi connectivity index (χ0v) is 49.7. The highest BCUT2D eigenvalue weighted by Gasteiger charge is 2.58. The first-order valence-corrected chi connectivity index (χ1v) is 28.6. The predicted octanol–water partition coefficient (Wildman–Crippen LogP) is 11.3. The predicted molar refractivity (Wildman–Crippen MR) is 333 cm³/mol. The number of benzene rings is 3. The number of hydrogen-bond acceptors (Lipinski definition) is 15. The molecule has 0 radical (unpaired) electrons. The van der Waals surface area contributed by atoms with Gasteiger partial charge in [0.05, 0.1) is 65.1 Å². The normalized spacial score (nSPS) is 17.6. The van der Waals surface area contributed by atoms with Crippen LogP contribution < -0.4 is 25.1 Å². The smallest absolute Gasteiger partial charge is 0.399 e. The maximum Gasteiger partial charge on any atom is 0.494 e. The zero-order chi connectivity index (χ0) is 60.4. The van der Waals surface area contributed by atoms with E-state index in [-0.39, 0.29) is 44.0 Å². The summed E-state index contributed by atoms with van der Waals surface area (Å²) >= 11 is 0. The molecule has 7 aromatic rings. The van der Waals surface area contributed by atoms with Crippen LogP contribution in [0.3, 0.4) is 0 Å². The SMILES string of the molecule is C.C.CC(C)(C)CC(O)c1ccc(N2CCN(c3ccc(-c4ccc(C(F)(F)[C@](O)(Cn5cnnn5)c5ccc(F)cc5F)nc4)cc3)CC2)cn1.CC(C)(C)CC(O)c1ccc(N2CCN(c3ccc(B4OC(C)(C)C(C)(C)O4)cc3)CC2)cn1. The Morgan fingerprint density at radius 2 is 1.01 bits per heavy atom. The lowest BCUT2D eigenvalue weighted by molar-refractivity contribution is -0.207. The van der Waals surface area contributed by atoms with Gasteiger partial charge in [-0.2, -0.15) is 8.78 Å². The van der Waals surface area contributed by atoms with Gasteiger partial charge in [0.1, 0.15) is 23.7 Å². The van der Waals surface area contributed by atoms with E-state index >= 15 is 8.78 Å². The molecule has 0 aliphatic carbocycles. The van der Waals surface area contributed by atoms with E-state index < -0.39 is 53.2 Å². The number of aliphatic hydroxyl groups excluding tert-OH is 2. The molecule has 3 fully saturated rings. The Hall–Kier alpha value is -7.04. The number of pyridine rings is 3. The number of hydrogen-bond donors (Lipinski definition) is 3. The molecule has 462 valence electrons. The number of alkyl halides is 2. The maximum absolute atomic E-state index is 16.1. The van der Waals surface area contributed by atoms with Gasteiger partial charge in [0.15, 0.2) is 5.60 Å². The Morgan fingerprint density at radius 3 is 1.41 bits per heavy atom. The molecule has 3 N–H and O–H groups in total. The average Bonchev–Trinajstić information content (AvgIpc) is 0.922. The summed E-state index contributed by atoms with van der Waals surface area (Å²) in [5, 5.41) is 42.7. The highest BCUT2D eigenvalue weighted by Crippen LogP contribution is 2.47. The van der Waals surface area contributed by atoms with E-state index in [0.717, 1.165) is 115 Å². The second-order valence-electron chi connectivity index (χ2n) is 25.6. The van der Waals surface area contributed by atoms with Gasteiger partial charge in [0.2, 0.25) is 0 Å². The quantitative estimate of drug-likeness (QED) is 0.0653. The molecule has 0 amide bonds. The highest BCUT2D eigenvalue weighted by molar-refractivity contribution is 6.62. The number of tetrazole rings is 1. The van der Waals surface area contributed by atoms with Gasteiger partial charge in [-0.1, -0.05) is 86.7 Å². The summed E-state index contributed by atoms with van der Waals surface area (Å²) in [5.74, 6) is -6.48. The van der Waals surface area contributed by atoms with Crippen molar-refractivity contribution >= 4 is 35.3 Å². The fraction of sp³-hybridized carbons (Fsp3) is 0.477. The topological polar surface area (TPSA) is 174 Å². The minimum absolute atomic E-state index is 0. The van der Waals surface area contributed by atoms with E-state index in [1.807, 2.05) is 54.9 Å². The Bertz CT molecular complexity index is 3250. The first kappa shape index (κ1) is 66.5. The average molecular weight is 1190 g/mol. The van der Waals surface area contributed by atoms with Crippen molar-refractivity contribution in [2.24, 2.45) is 10.8 Å². The summed E-state index contributed by atoms with van der Waals surface area (Å²) in [7, 11) is -0.326. The molecule has 2 unspecified atom stereocenters. The van der Waals surface area contributed by atoms with Gasteiger partial charge in [0.25, 0.3) is 0 Å². The number of aromatic nitrogens is 7. The molecule has 10 rings (SSSR count). The van der Waals surface area contributed by atoms with Crippen molar-refractivity contribution in [2.45, 2.75) is 138 Å². The summed E-state index contributed by atoms with van der Waals surface area (Å²) in [4.78, 5) is 22.3. The standard InChI is InChI=1S/C36H38F4N8O2.C27H40BN3O3.2CH4/c1-34(2,3)19-32(49)31-12-10-28(21-41-31)47-16-14-46(15-17-47)27-8-4-24(5-9-27)25-6-13-33(42-20-25)36(39,40)35(50,22-48-23-43-44-45-48)29-11-7-26(37)18-30(29)38;1-25(2,3)18-24(32)23-13-12-22(19-29-23)31-16-14-30(15-17-31)21-10-8-20(9-11-21)28-33-26(4,5)27(6,7)34-28;;/h4-13,18,20-21,23,32,49-50H,14-17,19,22H2,1-3H3;8-13,19,24,32H,14-18H2,1-7H3;2*1H4/t32?,35-;;;/m0.../s1. The van der Waals surface area contributed by atoms with Crippen LogP contribution in [-0.4, -0.2) is 121 Å². The van der Waals surface area contributed by atoms with Crippen LogP contribution in [0.2, 0.25) is 0 Å². The van der Waals surface area contributed by atoms with E-state index in [4.69, 9.17) is 9.31 Å². The maximum atomic E-state index is 16.1. The third-order valence-corrected chi connectivity index (χ3v) is 16.2. The van der Waals surface area contributed by atoms with E-state index in [1.165, 1.54) is 18.0 Å². The number of anilines is 4. The zero-order valence-electron chi connectivity index (χ0n) is 49.7. The number of nitrogens with zero attached hydrogens (tertiary/aromatic N) is 11. The van der Waals surface area contributed by atoms with Crippen LogP contribution in [0.25, 0.3) is 11.1 Å². The van der Waals surface area contributed by atoms with Crippen LogP contribution in [-0.2, 0) is 27.4 Å². The first-order chi connectivity index (χ1) is 39.6. The largest absolute Gasteiger partial charge is 0.494 e. The minimum Gasteiger partial charge on any atom is -0.399 e. The minimum atomic E-state index is -4.15. The van der Waals surface area contributed by atoms with Gasteiger partial charge in [-0.3, -0.25) is 15.0 Å². The Labute approximate surface area is 505 Å². The summed E-state index contributed by atoms with van der Waals surface area (Å²) in [6, 6.07) is 28.7.